The van der Waals surface area contributed by atoms with E-state index in [1.807, 2.05) is 0 Å². The normalized spacial score (nSPS) is 34.4. The Morgan fingerprint density at radius 3 is 2.50 bits per heavy atom. The summed E-state index contributed by atoms with van der Waals surface area (Å²) < 4.78 is 5.76. The van der Waals surface area contributed by atoms with Crippen molar-refractivity contribution in [2.75, 3.05) is 52.5 Å². The number of fused-ring (bicyclic) bond motifs is 2. The van der Waals surface area contributed by atoms with Crippen LogP contribution in [0.4, 0.5) is 0 Å². The zero-order chi connectivity index (χ0) is 15.4. The zero-order valence-corrected chi connectivity index (χ0v) is 14.3. The van der Waals surface area contributed by atoms with Crippen molar-refractivity contribution in [1.82, 2.24) is 9.80 Å². The first-order chi connectivity index (χ1) is 10.7. The Balaban J connectivity index is 1.23. The van der Waals surface area contributed by atoms with E-state index in [2.05, 4.69) is 16.7 Å². The van der Waals surface area contributed by atoms with Crippen LogP contribution in [0.1, 0.15) is 39.0 Å². The van der Waals surface area contributed by atoms with Crippen LogP contribution in [0.3, 0.4) is 0 Å². The standard InChI is InChI=1S/C18H34N2O2/c1-2-19-6-8-20(9-7-19)13-18(21)14-22-10-5-17-12-15-3-4-16(17)11-15/h15-18,21H,2-14H2,1H3/t15-,16-,17-,18-/m1/s1. The second-order valence-corrected chi connectivity index (χ2v) is 7.69. The summed E-state index contributed by atoms with van der Waals surface area (Å²) in [6.07, 6.45) is 6.75. The highest BCUT2D eigenvalue weighted by atomic mass is 16.5. The number of β-amino-alcohol motifs (C(OH)–C–C–N with tert-alkyl or cyclic N) is 1. The third-order valence-corrected chi connectivity index (χ3v) is 6.21. The molecule has 0 aromatic carbocycles. The molecule has 0 amide bonds. The minimum atomic E-state index is -0.326. The molecule has 2 bridgehead atoms. The molecule has 3 fully saturated rings. The van der Waals surface area contributed by atoms with Crippen molar-refractivity contribution in [2.24, 2.45) is 17.8 Å². The number of piperazine rings is 1. The van der Waals surface area contributed by atoms with E-state index in [1.165, 1.54) is 32.1 Å². The van der Waals surface area contributed by atoms with Gasteiger partial charge in [-0.15, -0.1) is 0 Å². The number of hydrogen-bond acceptors (Lipinski definition) is 4. The van der Waals surface area contributed by atoms with E-state index in [9.17, 15) is 5.11 Å². The van der Waals surface area contributed by atoms with Crippen molar-refractivity contribution >= 4 is 0 Å². The van der Waals surface area contributed by atoms with Crippen LogP contribution in [-0.2, 0) is 4.74 Å². The molecule has 4 atom stereocenters. The first-order valence-electron chi connectivity index (χ1n) is 9.45. The first kappa shape index (κ1) is 16.7. The Hall–Kier alpha value is -0.160. The first-order valence-corrected chi connectivity index (χ1v) is 9.45. The van der Waals surface area contributed by atoms with E-state index in [0.29, 0.717) is 6.61 Å². The average molecular weight is 310 g/mol. The summed E-state index contributed by atoms with van der Waals surface area (Å²) in [7, 11) is 0. The van der Waals surface area contributed by atoms with Gasteiger partial charge in [-0.1, -0.05) is 13.3 Å². The highest BCUT2D eigenvalue weighted by Crippen LogP contribution is 2.49. The van der Waals surface area contributed by atoms with Crippen LogP contribution in [0.15, 0.2) is 0 Å². The second-order valence-electron chi connectivity index (χ2n) is 7.69. The largest absolute Gasteiger partial charge is 0.389 e. The molecule has 128 valence electrons. The smallest absolute Gasteiger partial charge is 0.0900 e. The fourth-order valence-electron chi connectivity index (χ4n) is 4.82. The number of ether oxygens (including phenoxy) is 1. The second kappa shape index (κ2) is 8.09. The number of aliphatic hydroxyl groups excluding tert-OH is 1. The fraction of sp³-hybridized carbons (Fsp3) is 1.00. The monoisotopic (exact) mass is 310 g/mol. The number of hydrogen-bond donors (Lipinski definition) is 1. The molecule has 2 saturated carbocycles. The summed E-state index contributed by atoms with van der Waals surface area (Å²) in [5.74, 6) is 2.94. The molecule has 4 heteroatoms. The molecule has 1 saturated heterocycles. The summed E-state index contributed by atoms with van der Waals surface area (Å²) in [4.78, 5) is 4.84. The van der Waals surface area contributed by atoms with Gasteiger partial charge in [-0.25, -0.2) is 0 Å². The lowest BCUT2D eigenvalue weighted by Gasteiger charge is -2.34. The van der Waals surface area contributed by atoms with Crippen LogP contribution >= 0.6 is 0 Å². The molecule has 3 rings (SSSR count). The highest BCUT2D eigenvalue weighted by molar-refractivity contribution is 4.89. The van der Waals surface area contributed by atoms with Crippen LogP contribution in [0.5, 0.6) is 0 Å². The number of likely N-dealkylation sites (N-methyl/N-ethyl adjacent to an activating group) is 1. The van der Waals surface area contributed by atoms with Gasteiger partial charge < -0.3 is 14.7 Å². The highest BCUT2D eigenvalue weighted by Gasteiger charge is 2.38. The minimum absolute atomic E-state index is 0.326. The molecule has 3 aliphatic rings. The Kier molecular flexibility index (Phi) is 6.14. The van der Waals surface area contributed by atoms with Gasteiger partial charge in [-0.2, -0.15) is 0 Å². The molecule has 0 unspecified atom stereocenters. The quantitative estimate of drug-likeness (QED) is 0.694. The van der Waals surface area contributed by atoms with E-state index >= 15 is 0 Å². The maximum Gasteiger partial charge on any atom is 0.0900 e. The molecule has 0 radical (unpaired) electrons. The number of rotatable bonds is 8. The predicted molar refractivity (Wildman–Crippen MR) is 88.9 cm³/mol. The van der Waals surface area contributed by atoms with Gasteiger partial charge in [0.15, 0.2) is 0 Å². The molecule has 0 spiro atoms. The molecule has 1 N–H and O–H groups in total. The molecule has 4 nitrogen and oxygen atoms in total. The summed E-state index contributed by atoms with van der Waals surface area (Å²) in [5, 5.41) is 10.1. The third kappa shape index (κ3) is 4.44. The van der Waals surface area contributed by atoms with E-state index in [4.69, 9.17) is 4.74 Å². The Morgan fingerprint density at radius 2 is 1.86 bits per heavy atom. The fourth-order valence-corrected chi connectivity index (χ4v) is 4.82. The lowest BCUT2D eigenvalue weighted by atomic mass is 9.87. The van der Waals surface area contributed by atoms with Gasteiger partial charge in [0.25, 0.3) is 0 Å². The molecule has 22 heavy (non-hydrogen) atoms. The summed E-state index contributed by atoms with van der Waals surface area (Å²) in [6.45, 7) is 9.90. The molecule has 0 aromatic rings. The minimum Gasteiger partial charge on any atom is -0.389 e. The van der Waals surface area contributed by atoms with Crippen LogP contribution in [0.2, 0.25) is 0 Å². The molecular formula is C18H34N2O2. The van der Waals surface area contributed by atoms with Crippen LogP contribution in [0, 0.1) is 17.8 Å². The number of nitrogens with zero attached hydrogens (tertiary/aromatic N) is 2. The average Bonchev–Trinajstić information content (AvgIpc) is 3.15. The summed E-state index contributed by atoms with van der Waals surface area (Å²) >= 11 is 0. The lowest BCUT2D eigenvalue weighted by Crippen LogP contribution is -2.48. The Bertz CT molecular complexity index is 331. The van der Waals surface area contributed by atoms with Gasteiger partial charge in [-0.05, 0) is 50.0 Å². The molecular weight excluding hydrogens is 276 g/mol. The maximum absolute atomic E-state index is 10.1. The van der Waals surface area contributed by atoms with E-state index in [1.54, 1.807) is 0 Å². The van der Waals surface area contributed by atoms with Gasteiger partial charge in [0.1, 0.15) is 0 Å². The van der Waals surface area contributed by atoms with Crippen molar-refractivity contribution in [2.45, 2.75) is 45.1 Å². The van der Waals surface area contributed by atoms with Crippen molar-refractivity contribution < 1.29 is 9.84 Å². The van der Waals surface area contributed by atoms with Crippen molar-refractivity contribution in [3.8, 4) is 0 Å². The third-order valence-electron chi connectivity index (χ3n) is 6.21. The van der Waals surface area contributed by atoms with Crippen LogP contribution < -0.4 is 0 Å². The topological polar surface area (TPSA) is 35.9 Å². The summed E-state index contributed by atoms with van der Waals surface area (Å²) in [5.41, 5.74) is 0. The van der Waals surface area contributed by atoms with Crippen LogP contribution in [0.25, 0.3) is 0 Å². The van der Waals surface area contributed by atoms with Crippen LogP contribution in [-0.4, -0.2) is 73.5 Å². The van der Waals surface area contributed by atoms with Crippen molar-refractivity contribution in [3.05, 3.63) is 0 Å². The molecule has 0 aromatic heterocycles. The lowest BCUT2D eigenvalue weighted by molar-refractivity contribution is 0.00276. The van der Waals surface area contributed by atoms with Gasteiger partial charge in [0.05, 0.1) is 12.7 Å². The van der Waals surface area contributed by atoms with E-state index in [-0.39, 0.29) is 6.10 Å². The van der Waals surface area contributed by atoms with Crippen molar-refractivity contribution in [1.29, 1.82) is 0 Å². The van der Waals surface area contributed by atoms with Gasteiger partial charge >= 0.3 is 0 Å². The van der Waals surface area contributed by atoms with E-state index in [0.717, 1.165) is 63.6 Å². The predicted octanol–water partition coefficient (Wildman–Crippen LogP) is 1.83. The Labute approximate surface area is 135 Å². The van der Waals surface area contributed by atoms with Gasteiger partial charge in [-0.3, -0.25) is 4.90 Å². The zero-order valence-electron chi connectivity index (χ0n) is 14.3. The van der Waals surface area contributed by atoms with Gasteiger partial charge in [0, 0.05) is 39.3 Å². The molecule has 2 aliphatic carbocycles. The Morgan fingerprint density at radius 1 is 1.09 bits per heavy atom. The van der Waals surface area contributed by atoms with E-state index < -0.39 is 0 Å². The molecule has 1 aliphatic heterocycles. The number of aliphatic hydroxyl groups is 1. The van der Waals surface area contributed by atoms with Gasteiger partial charge in [0.2, 0.25) is 0 Å². The summed E-state index contributed by atoms with van der Waals surface area (Å²) in [6, 6.07) is 0. The maximum atomic E-state index is 10.1. The molecule has 1 heterocycles. The SMILES string of the molecule is CCN1CCN(C[C@@H](O)COCC[C@@H]2C[C@@H]3CC[C@@H]2C3)CC1. The van der Waals surface area contributed by atoms with Crippen molar-refractivity contribution in [3.63, 3.8) is 0 Å².